The maximum Gasteiger partial charge on any atom is 0.327 e. The number of carbonyl (C=O) groups excluding carboxylic acids is 1. The summed E-state index contributed by atoms with van der Waals surface area (Å²) in [5, 5.41) is 9.35. The van der Waals surface area contributed by atoms with Gasteiger partial charge in [-0.2, -0.15) is 0 Å². The number of aliphatic carboxylic acids is 1. The Morgan fingerprint density at radius 2 is 2.16 bits per heavy atom. The summed E-state index contributed by atoms with van der Waals surface area (Å²) in [6, 6.07) is -0.672. The molecule has 1 saturated heterocycles. The van der Waals surface area contributed by atoms with Crippen molar-refractivity contribution in [3.63, 3.8) is 0 Å². The molecule has 0 bridgehead atoms. The normalized spacial score (nSPS) is 28.4. The van der Waals surface area contributed by atoms with Crippen LogP contribution in [0.1, 0.15) is 32.6 Å². The van der Waals surface area contributed by atoms with Crippen molar-refractivity contribution in [2.24, 2.45) is 17.6 Å². The maximum atomic E-state index is 12.6. The van der Waals surface area contributed by atoms with Crippen molar-refractivity contribution in [3.05, 3.63) is 0 Å². The largest absolute Gasteiger partial charge is 0.480 e. The zero-order chi connectivity index (χ0) is 14.0. The Balaban J connectivity index is 2.14. The number of rotatable bonds is 6. The van der Waals surface area contributed by atoms with Crippen molar-refractivity contribution in [2.45, 2.75) is 44.0 Å². The van der Waals surface area contributed by atoms with E-state index in [1.807, 2.05) is 6.92 Å². The fraction of sp³-hybridized carbons (Fsp3) is 0.846. The fourth-order valence-corrected chi connectivity index (χ4v) is 4.28. The highest BCUT2D eigenvalue weighted by atomic mass is 32.2. The molecule has 5 nitrogen and oxygen atoms in total. The summed E-state index contributed by atoms with van der Waals surface area (Å²) < 4.78 is 0. The zero-order valence-corrected chi connectivity index (χ0v) is 12.1. The van der Waals surface area contributed by atoms with Gasteiger partial charge in [0.15, 0.2) is 0 Å². The van der Waals surface area contributed by atoms with Gasteiger partial charge in [-0.3, -0.25) is 4.79 Å². The predicted molar refractivity (Wildman–Crippen MR) is 74.7 cm³/mol. The van der Waals surface area contributed by atoms with Crippen molar-refractivity contribution < 1.29 is 14.7 Å². The molecule has 2 rings (SSSR count). The van der Waals surface area contributed by atoms with E-state index >= 15 is 0 Å². The van der Waals surface area contributed by atoms with Crippen LogP contribution < -0.4 is 5.73 Å². The summed E-state index contributed by atoms with van der Waals surface area (Å²) in [7, 11) is 0. The molecule has 0 aromatic carbocycles. The van der Waals surface area contributed by atoms with Crippen LogP contribution >= 0.6 is 11.8 Å². The molecular weight excluding hydrogens is 264 g/mol. The monoisotopic (exact) mass is 286 g/mol. The third kappa shape index (κ3) is 3.05. The molecule has 1 aliphatic heterocycles. The SMILES string of the molecule is CCCC(CN)C(=O)N1C(C(=O)O)CSC1C1CC1. The minimum atomic E-state index is -0.892. The quantitative estimate of drug-likeness (QED) is 0.764. The molecule has 0 radical (unpaired) electrons. The lowest BCUT2D eigenvalue weighted by Crippen LogP contribution is -2.49. The highest BCUT2D eigenvalue weighted by Gasteiger charge is 2.48. The van der Waals surface area contributed by atoms with Gasteiger partial charge in [0.05, 0.1) is 11.3 Å². The number of carboxylic acids is 1. The smallest absolute Gasteiger partial charge is 0.327 e. The minimum Gasteiger partial charge on any atom is -0.480 e. The van der Waals surface area contributed by atoms with Crippen molar-refractivity contribution in [1.29, 1.82) is 0 Å². The molecule has 0 aromatic rings. The Labute approximate surface area is 117 Å². The minimum absolute atomic E-state index is 0.0551. The second kappa shape index (κ2) is 6.13. The van der Waals surface area contributed by atoms with E-state index in [9.17, 15) is 14.7 Å². The average Bonchev–Trinajstić information content (AvgIpc) is 3.13. The molecule has 1 saturated carbocycles. The van der Waals surface area contributed by atoms with E-state index in [4.69, 9.17) is 5.73 Å². The number of carbonyl (C=O) groups is 2. The Morgan fingerprint density at radius 1 is 1.47 bits per heavy atom. The van der Waals surface area contributed by atoms with Crippen molar-refractivity contribution in [2.75, 3.05) is 12.3 Å². The van der Waals surface area contributed by atoms with Crippen LogP contribution in [0.25, 0.3) is 0 Å². The molecule has 0 spiro atoms. The molecule has 19 heavy (non-hydrogen) atoms. The summed E-state index contributed by atoms with van der Waals surface area (Å²) in [6.45, 7) is 2.32. The summed E-state index contributed by atoms with van der Waals surface area (Å²) in [6.07, 6.45) is 3.84. The van der Waals surface area contributed by atoms with Crippen LogP contribution in [0.15, 0.2) is 0 Å². The predicted octanol–water partition coefficient (Wildman–Crippen LogP) is 1.13. The van der Waals surface area contributed by atoms with Gasteiger partial charge in [-0.15, -0.1) is 11.8 Å². The van der Waals surface area contributed by atoms with Gasteiger partial charge in [0.25, 0.3) is 0 Å². The first-order valence-corrected chi connectivity index (χ1v) is 8.01. The van der Waals surface area contributed by atoms with Gasteiger partial charge in [-0.05, 0) is 25.2 Å². The van der Waals surface area contributed by atoms with Crippen LogP contribution in [-0.4, -0.2) is 45.6 Å². The number of carboxylic acid groups (broad SMARTS) is 1. The van der Waals surface area contributed by atoms with Crippen molar-refractivity contribution in [3.8, 4) is 0 Å². The highest BCUT2D eigenvalue weighted by Crippen LogP contribution is 2.46. The molecule has 1 heterocycles. The lowest BCUT2D eigenvalue weighted by Gasteiger charge is -2.30. The average molecular weight is 286 g/mol. The Kier molecular flexibility index (Phi) is 4.73. The van der Waals surface area contributed by atoms with E-state index in [0.717, 1.165) is 25.7 Å². The Morgan fingerprint density at radius 3 is 2.63 bits per heavy atom. The number of thioether (sulfide) groups is 1. The molecule has 6 heteroatoms. The zero-order valence-electron chi connectivity index (χ0n) is 11.2. The summed E-state index contributed by atoms with van der Waals surface area (Å²) in [5.74, 6) is -0.189. The standard InChI is InChI=1S/C13H22N2O3S/c1-2-3-9(6-14)11(16)15-10(13(17)18)7-19-12(15)8-4-5-8/h8-10,12H,2-7,14H2,1H3,(H,17,18). The van der Waals surface area contributed by atoms with Gasteiger partial charge >= 0.3 is 5.97 Å². The molecular formula is C13H22N2O3S. The second-order valence-corrected chi connectivity index (χ2v) is 6.53. The maximum absolute atomic E-state index is 12.6. The fourth-order valence-electron chi connectivity index (χ4n) is 2.64. The molecule has 3 atom stereocenters. The van der Waals surface area contributed by atoms with Gasteiger partial charge in [0, 0.05) is 12.3 Å². The molecule has 3 N–H and O–H groups in total. The van der Waals surface area contributed by atoms with Gasteiger partial charge in [-0.1, -0.05) is 13.3 Å². The van der Waals surface area contributed by atoms with Gasteiger partial charge < -0.3 is 15.7 Å². The number of hydrogen-bond donors (Lipinski definition) is 2. The molecule has 108 valence electrons. The van der Waals surface area contributed by atoms with Gasteiger partial charge in [-0.25, -0.2) is 4.79 Å². The molecule has 1 aliphatic carbocycles. The van der Waals surface area contributed by atoms with Crippen molar-refractivity contribution in [1.82, 2.24) is 4.90 Å². The Hall–Kier alpha value is -0.750. The van der Waals surface area contributed by atoms with E-state index in [1.54, 1.807) is 16.7 Å². The number of nitrogens with zero attached hydrogens (tertiary/aromatic N) is 1. The van der Waals surface area contributed by atoms with E-state index in [2.05, 4.69) is 0 Å². The van der Waals surface area contributed by atoms with Gasteiger partial charge in [0.2, 0.25) is 5.91 Å². The second-order valence-electron chi connectivity index (χ2n) is 5.38. The van der Waals surface area contributed by atoms with E-state index in [0.29, 0.717) is 18.2 Å². The van der Waals surface area contributed by atoms with Crippen LogP contribution in [0, 0.1) is 11.8 Å². The third-order valence-electron chi connectivity index (χ3n) is 3.87. The number of hydrogen-bond acceptors (Lipinski definition) is 4. The van der Waals surface area contributed by atoms with Crippen LogP contribution in [-0.2, 0) is 9.59 Å². The van der Waals surface area contributed by atoms with E-state index < -0.39 is 12.0 Å². The van der Waals surface area contributed by atoms with E-state index in [-0.39, 0.29) is 17.2 Å². The molecule has 3 unspecified atom stereocenters. The van der Waals surface area contributed by atoms with Gasteiger partial charge in [0.1, 0.15) is 6.04 Å². The summed E-state index contributed by atoms with van der Waals surface area (Å²) in [4.78, 5) is 25.6. The topological polar surface area (TPSA) is 83.6 Å². The molecule has 2 fully saturated rings. The highest BCUT2D eigenvalue weighted by molar-refractivity contribution is 8.00. The number of amides is 1. The van der Waals surface area contributed by atoms with Crippen molar-refractivity contribution >= 4 is 23.6 Å². The van der Waals surface area contributed by atoms with Crippen LogP contribution in [0.5, 0.6) is 0 Å². The van der Waals surface area contributed by atoms with Crippen LogP contribution in [0.4, 0.5) is 0 Å². The third-order valence-corrected chi connectivity index (χ3v) is 5.33. The van der Waals surface area contributed by atoms with Crippen LogP contribution in [0.3, 0.4) is 0 Å². The lowest BCUT2D eigenvalue weighted by atomic mass is 10.0. The molecule has 1 amide bonds. The van der Waals surface area contributed by atoms with Crippen LogP contribution in [0.2, 0.25) is 0 Å². The first-order valence-electron chi connectivity index (χ1n) is 6.96. The lowest BCUT2D eigenvalue weighted by molar-refractivity contribution is -0.151. The molecule has 0 aromatic heterocycles. The van der Waals surface area contributed by atoms with E-state index in [1.165, 1.54) is 0 Å². The first kappa shape index (κ1) is 14.7. The Bertz CT molecular complexity index is 360. The first-order chi connectivity index (χ1) is 9.10. The summed E-state index contributed by atoms with van der Waals surface area (Å²) >= 11 is 1.62. The number of nitrogens with two attached hydrogens (primary N) is 1. The molecule has 2 aliphatic rings. The summed E-state index contributed by atoms with van der Waals surface area (Å²) in [5.41, 5.74) is 5.68.